The van der Waals surface area contributed by atoms with E-state index >= 15 is 0 Å². The lowest BCUT2D eigenvalue weighted by Crippen LogP contribution is -2.02. The van der Waals surface area contributed by atoms with Crippen LogP contribution in [0.15, 0.2) is 18.2 Å². The summed E-state index contributed by atoms with van der Waals surface area (Å²) < 4.78 is 14.7. The maximum Gasteiger partial charge on any atom is 0.184 e. The summed E-state index contributed by atoms with van der Waals surface area (Å²) in [6.45, 7) is 0. The number of anilines is 1. The van der Waals surface area contributed by atoms with Gasteiger partial charge in [-0.05, 0) is 41.5 Å². The normalized spacial score (nSPS) is 15.3. The summed E-state index contributed by atoms with van der Waals surface area (Å²) in [6.07, 6.45) is 2.16. The van der Waals surface area contributed by atoms with Crippen molar-refractivity contribution in [1.29, 1.82) is 0 Å². The van der Waals surface area contributed by atoms with Crippen molar-refractivity contribution in [2.45, 2.75) is 18.9 Å². The molecule has 0 spiro atoms. The monoisotopic (exact) mass is 219 g/mol. The Hall–Kier alpha value is -1.98. The quantitative estimate of drug-likeness (QED) is 0.775. The molecule has 0 amide bonds. The van der Waals surface area contributed by atoms with E-state index in [0.717, 1.165) is 12.8 Å². The first-order valence-electron chi connectivity index (χ1n) is 5.09. The minimum absolute atomic E-state index is 0.355. The van der Waals surface area contributed by atoms with E-state index in [4.69, 9.17) is 5.73 Å². The van der Waals surface area contributed by atoms with E-state index in [0.29, 0.717) is 23.1 Å². The highest BCUT2D eigenvalue weighted by molar-refractivity contribution is 5.71. The first kappa shape index (κ1) is 9.26. The van der Waals surface area contributed by atoms with Crippen molar-refractivity contribution in [3.05, 3.63) is 24.0 Å². The first-order chi connectivity index (χ1) is 7.75. The van der Waals surface area contributed by atoms with Crippen LogP contribution in [0.3, 0.4) is 0 Å². The Kier molecular flexibility index (Phi) is 1.89. The minimum atomic E-state index is -0.355. The predicted octanol–water partition coefficient (Wildman–Crippen LogP) is 1.40. The van der Waals surface area contributed by atoms with Crippen LogP contribution in [0.1, 0.15) is 18.9 Å². The lowest BCUT2D eigenvalue weighted by Gasteiger charge is -2.05. The largest absolute Gasteiger partial charge is 0.398 e. The molecule has 0 bridgehead atoms. The van der Waals surface area contributed by atoms with Crippen LogP contribution in [0.5, 0.6) is 0 Å². The smallest absolute Gasteiger partial charge is 0.184 e. The second kappa shape index (κ2) is 3.26. The first-order valence-corrected chi connectivity index (χ1v) is 5.09. The summed E-state index contributed by atoms with van der Waals surface area (Å²) >= 11 is 0. The number of aromatic nitrogens is 4. The van der Waals surface area contributed by atoms with Crippen molar-refractivity contribution in [3.8, 4) is 11.4 Å². The molecular weight excluding hydrogens is 209 g/mol. The summed E-state index contributed by atoms with van der Waals surface area (Å²) in [5.74, 6) is 0.256. The average Bonchev–Trinajstić information content (AvgIpc) is 2.98. The highest BCUT2D eigenvalue weighted by Crippen LogP contribution is 2.37. The van der Waals surface area contributed by atoms with Crippen LogP contribution in [-0.2, 0) is 0 Å². The van der Waals surface area contributed by atoms with E-state index in [-0.39, 0.29) is 5.82 Å². The molecule has 1 aromatic heterocycles. The summed E-state index contributed by atoms with van der Waals surface area (Å²) in [6, 6.07) is 4.61. The highest BCUT2D eigenvalue weighted by Gasteiger charge is 2.28. The van der Waals surface area contributed by atoms with E-state index in [2.05, 4.69) is 15.5 Å². The van der Waals surface area contributed by atoms with Gasteiger partial charge in [0, 0.05) is 11.3 Å². The fourth-order valence-electron chi connectivity index (χ4n) is 1.67. The number of benzene rings is 1. The van der Waals surface area contributed by atoms with Gasteiger partial charge in [-0.15, -0.1) is 5.10 Å². The zero-order valence-corrected chi connectivity index (χ0v) is 8.47. The van der Waals surface area contributed by atoms with Gasteiger partial charge in [-0.1, -0.05) is 0 Å². The Morgan fingerprint density at radius 3 is 2.88 bits per heavy atom. The molecule has 0 unspecified atom stereocenters. The Morgan fingerprint density at radius 1 is 1.38 bits per heavy atom. The van der Waals surface area contributed by atoms with E-state index < -0.39 is 0 Å². The second-order valence-electron chi connectivity index (χ2n) is 3.91. The molecule has 0 aliphatic heterocycles. The van der Waals surface area contributed by atoms with Crippen LogP contribution in [0.25, 0.3) is 11.4 Å². The van der Waals surface area contributed by atoms with Crippen LogP contribution < -0.4 is 5.73 Å². The van der Waals surface area contributed by atoms with Gasteiger partial charge < -0.3 is 5.73 Å². The molecule has 1 saturated carbocycles. The molecule has 1 aliphatic carbocycles. The minimum Gasteiger partial charge on any atom is -0.398 e. The van der Waals surface area contributed by atoms with E-state index in [1.54, 1.807) is 10.7 Å². The molecule has 5 nitrogen and oxygen atoms in total. The molecule has 1 aromatic carbocycles. The predicted molar refractivity (Wildman–Crippen MR) is 55.9 cm³/mol. The Labute approximate surface area is 91.1 Å². The Balaban J connectivity index is 2.10. The van der Waals surface area contributed by atoms with Gasteiger partial charge in [0.2, 0.25) is 0 Å². The van der Waals surface area contributed by atoms with E-state index in [1.165, 1.54) is 12.1 Å². The number of hydrogen-bond donors (Lipinski definition) is 1. The van der Waals surface area contributed by atoms with Crippen LogP contribution >= 0.6 is 0 Å². The molecule has 82 valence electrons. The highest BCUT2D eigenvalue weighted by atomic mass is 19.1. The maximum atomic E-state index is 12.9. The zero-order chi connectivity index (χ0) is 11.1. The van der Waals surface area contributed by atoms with Crippen LogP contribution in [0.4, 0.5) is 10.1 Å². The summed E-state index contributed by atoms with van der Waals surface area (Å²) in [5, 5.41) is 11.5. The molecule has 2 N–H and O–H groups in total. The number of nitrogens with zero attached hydrogens (tertiary/aromatic N) is 4. The number of halogens is 1. The van der Waals surface area contributed by atoms with Crippen LogP contribution in [0, 0.1) is 5.82 Å². The summed E-state index contributed by atoms with van der Waals surface area (Å²) in [5.41, 5.74) is 6.79. The molecule has 0 radical (unpaired) electrons. The zero-order valence-electron chi connectivity index (χ0n) is 8.47. The van der Waals surface area contributed by atoms with Crippen LogP contribution in [-0.4, -0.2) is 20.2 Å². The molecule has 0 atom stereocenters. The molecular formula is C10H10FN5. The molecule has 1 aliphatic rings. The van der Waals surface area contributed by atoms with Crippen LogP contribution in [0.2, 0.25) is 0 Å². The van der Waals surface area contributed by atoms with Crippen molar-refractivity contribution in [1.82, 2.24) is 20.2 Å². The third kappa shape index (κ3) is 1.42. The number of hydrogen-bond acceptors (Lipinski definition) is 4. The SMILES string of the molecule is Nc1cc(F)ccc1-c1nnnn1C1CC1. The van der Waals surface area contributed by atoms with Gasteiger partial charge in [-0.25, -0.2) is 9.07 Å². The number of nitrogens with two attached hydrogens (primary N) is 1. The lowest BCUT2D eigenvalue weighted by molar-refractivity contribution is 0.614. The van der Waals surface area contributed by atoms with Crippen molar-refractivity contribution >= 4 is 5.69 Å². The van der Waals surface area contributed by atoms with Gasteiger partial charge in [0.25, 0.3) is 0 Å². The third-order valence-electron chi connectivity index (χ3n) is 2.64. The van der Waals surface area contributed by atoms with Gasteiger partial charge in [0.15, 0.2) is 5.82 Å². The van der Waals surface area contributed by atoms with Crippen molar-refractivity contribution in [2.75, 3.05) is 5.73 Å². The fraction of sp³-hybridized carbons (Fsp3) is 0.300. The van der Waals surface area contributed by atoms with Crippen molar-refractivity contribution in [2.24, 2.45) is 0 Å². The standard InChI is InChI=1S/C10H10FN5/c11-6-1-4-8(9(12)5-6)10-13-14-15-16(10)7-2-3-7/h1,4-5,7H,2-3,12H2. The van der Waals surface area contributed by atoms with Gasteiger partial charge in [-0.2, -0.15) is 0 Å². The lowest BCUT2D eigenvalue weighted by atomic mass is 10.1. The molecule has 16 heavy (non-hydrogen) atoms. The average molecular weight is 219 g/mol. The molecule has 3 rings (SSSR count). The molecule has 1 fully saturated rings. The summed E-state index contributed by atoms with van der Waals surface area (Å²) in [7, 11) is 0. The molecule has 0 saturated heterocycles. The molecule has 6 heteroatoms. The van der Waals surface area contributed by atoms with Crippen molar-refractivity contribution < 1.29 is 4.39 Å². The maximum absolute atomic E-state index is 12.9. The molecule has 2 aromatic rings. The topological polar surface area (TPSA) is 69.6 Å². The van der Waals surface area contributed by atoms with Gasteiger partial charge in [0.1, 0.15) is 5.82 Å². The van der Waals surface area contributed by atoms with Gasteiger partial charge >= 0.3 is 0 Å². The van der Waals surface area contributed by atoms with Gasteiger partial charge in [-0.3, -0.25) is 0 Å². The number of nitrogen functional groups attached to an aromatic ring is 1. The van der Waals surface area contributed by atoms with E-state index in [9.17, 15) is 4.39 Å². The van der Waals surface area contributed by atoms with Gasteiger partial charge in [0.05, 0.1) is 6.04 Å². The Morgan fingerprint density at radius 2 is 2.19 bits per heavy atom. The third-order valence-corrected chi connectivity index (χ3v) is 2.64. The van der Waals surface area contributed by atoms with E-state index in [1.807, 2.05) is 0 Å². The van der Waals surface area contributed by atoms with Crippen molar-refractivity contribution in [3.63, 3.8) is 0 Å². The number of rotatable bonds is 2. The number of tetrazole rings is 1. The molecule has 1 heterocycles. The fourth-order valence-corrected chi connectivity index (χ4v) is 1.67. The Bertz CT molecular complexity index is 532. The second-order valence-corrected chi connectivity index (χ2v) is 3.91. The summed E-state index contributed by atoms with van der Waals surface area (Å²) in [4.78, 5) is 0.